The summed E-state index contributed by atoms with van der Waals surface area (Å²) in [7, 11) is 1.65. The molecule has 0 fully saturated rings. The zero-order chi connectivity index (χ0) is 14.7. The number of nitrogens with one attached hydrogen (secondary N) is 1. The fourth-order valence-electron chi connectivity index (χ4n) is 2.05. The first kappa shape index (κ1) is 14.8. The van der Waals surface area contributed by atoms with Gasteiger partial charge in [-0.2, -0.15) is 5.10 Å². The van der Waals surface area contributed by atoms with Gasteiger partial charge in [-0.05, 0) is 54.6 Å². The molecule has 2 aromatic rings. The van der Waals surface area contributed by atoms with E-state index in [0.717, 1.165) is 31.8 Å². The van der Waals surface area contributed by atoms with Crippen LogP contribution in [0.15, 0.2) is 18.2 Å². The number of H-pyrrole nitrogens is 1. The van der Waals surface area contributed by atoms with Gasteiger partial charge in [0.2, 0.25) is 0 Å². The summed E-state index contributed by atoms with van der Waals surface area (Å²) in [4.78, 5) is 10.4. The summed E-state index contributed by atoms with van der Waals surface area (Å²) in [6.07, 6.45) is -0.342. The topological polar surface area (TPSA) is 64.2 Å². The molecule has 0 bridgehead atoms. The van der Waals surface area contributed by atoms with Crippen molar-refractivity contribution in [2.45, 2.75) is 20.0 Å². The number of hydrogen-bond donors (Lipinski definition) is 1. The van der Waals surface area contributed by atoms with Crippen molar-refractivity contribution in [2.75, 3.05) is 7.11 Å². The highest BCUT2D eigenvalue weighted by Crippen LogP contribution is 2.31. The van der Waals surface area contributed by atoms with Gasteiger partial charge in [0.25, 0.3) is 6.47 Å². The van der Waals surface area contributed by atoms with Crippen LogP contribution in [0.2, 0.25) is 0 Å². The first-order valence-electron chi connectivity index (χ1n) is 6.06. The van der Waals surface area contributed by atoms with Crippen LogP contribution < -0.4 is 4.74 Å². The fraction of sp³-hybridized carbons (Fsp3) is 0.286. The molecule has 0 radical (unpaired) electrons. The standard InChI is InChI=1S/C14H15IN2O3/c1-8-13(9(2)20-7-18)16-17-14(8)10-4-5-12(19-3)11(15)6-10/h4-7,9H,1-3H3,(H,16,17). The van der Waals surface area contributed by atoms with Crippen LogP contribution in [0, 0.1) is 10.5 Å². The van der Waals surface area contributed by atoms with Gasteiger partial charge in [0, 0.05) is 11.1 Å². The molecule has 2 rings (SSSR count). The van der Waals surface area contributed by atoms with Crippen molar-refractivity contribution in [3.63, 3.8) is 0 Å². The van der Waals surface area contributed by atoms with Gasteiger partial charge in [0.1, 0.15) is 11.9 Å². The number of rotatable bonds is 5. The average Bonchev–Trinajstić information content (AvgIpc) is 2.81. The van der Waals surface area contributed by atoms with E-state index in [1.165, 1.54) is 0 Å². The summed E-state index contributed by atoms with van der Waals surface area (Å²) in [5.74, 6) is 0.834. The SMILES string of the molecule is COc1ccc(-c2n[nH]c(C(C)OC=O)c2C)cc1I. The Balaban J connectivity index is 2.39. The van der Waals surface area contributed by atoms with Crippen LogP contribution in [-0.2, 0) is 9.53 Å². The van der Waals surface area contributed by atoms with E-state index in [9.17, 15) is 4.79 Å². The molecule has 20 heavy (non-hydrogen) atoms. The molecule has 1 heterocycles. The minimum Gasteiger partial charge on any atom is -0.496 e. The third-order valence-electron chi connectivity index (χ3n) is 3.14. The lowest BCUT2D eigenvalue weighted by molar-refractivity contribution is -0.133. The van der Waals surface area contributed by atoms with E-state index in [4.69, 9.17) is 9.47 Å². The summed E-state index contributed by atoms with van der Waals surface area (Å²) in [5.41, 5.74) is 3.62. The Hall–Kier alpha value is -1.57. The Bertz CT molecular complexity index is 625. The van der Waals surface area contributed by atoms with Crippen LogP contribution in [0.5, 0.6) is 5.75 Å². The lowest BCUT2D eigenvalue weighted by atomic mass is 10.1. The molecule has 6 heteroatoms. The van der Waals surface area contributed by atoms with Crippen LogP contribution in [0.4, 0.5) is 0 Å². The molecule has 0 spiro atoms. The van der Waals surface area contributed by atoms with E-state index >= 15 is 0 Å². The molecule has 0 aliphatic rings. The van der Waals surface area contributed by atoms with Crippen molar-refractivity contribution >= 4 is 29.1 Å². The zero-order valence-electron chi connectivity index (χ0n) is 11.4. The minimum atomic E-state index is -0.342. The second-order valence-electron chi connectivity index (χ2n) is 4.33. The van der Waals surface area contributed by atoms with Gasteiger partial charge < -0.3 is 9.47 Å². The van der Waals surface area contributed by atoms with E-state index in [0.29, 0.717) is 6.47 Å². The maximum absolute atomic E-state index is 10.4. The summed E-state index contributed by atoms with van der Waals surface area (Å²) >= 11 is 2.22. The number of halogens is 1. The van der Waals surface area contributed by atoms with E-state index in [1.54, 1.807) is 14.0 Å². The third kappa shape index (κ3) is 2.79. The molecule has 0 amide bonds. The Morgan fingerprint density at radius 2 is 2.20 bits per heavy atom. The molecular weight excluding hydrogens is 371 g/mol. The second kappa shape index (κ2) is 6.25. The first-order valence-corrected chi connectivity index (χ1v) is 7.14. The van der Waals surface area contributed by atoms with E-state index in [1.807, 2.05) is 25.1 Å². The summed E-state index contributed by atoms with van der Waals surface area (Å²) in [5, 5.41) is 7.26. The molecular formula is C14H15IN2O3. The number of carbonyl (C=O) groups is 1. The highest BCUT2D eigenvalue weighted by molar-refractivity contribution is 14.1. The van der Waals surface area contributed by atoms with Crippen LogP contribution >= 0.6 is 22.6 Å². The maximum atomic E-state index is 10.4. The number of carbonyl (C=O) groups excluding carboxylic acids is 1. The molecule has 1 unspecified atom stereocenters. The van der Waals surface area contributed by atoms with Crippen LogP contribution in [0.3, 0.4) is 0 Å². The largest absolute Gasteiger partial charge is 0.496 e. The normalized spacial score (nSPS) is 12.0. The Kier molecular flexibility index (Phi) is 4.64. The second-order valence-corrected chi connectivity index (χ2v) is 5.50. The summed E-state index contributed by atoms with van der Waals surface area (Å²) in [6.45, 7) is 4.20. The van der Waals surface area contributed by atoms with Crippen molar-refractivity contribution in [3.8, 4) is 17.0 Å². The van der Waals surface area contributed by atoms with Crippen molar-refractivity contribution in [1.82, 2.24) is 10.2 Å². The predicted octanol–water partition coefficient (Wildman–Crippen LogP) is 3.23. The van der Waals surface area contributed by atoms with E-state index in [-0.39, 0.29) is 6.10 Å². The number of methoxy groups -OCH3 is 1. The molecule has 106 valence electrons. The van der Waals surface area contributed by atoms with Crippen molar-refractivity contribution in [3.05, 3.63) is 33.0 Å². The summed E-state index contributed by atoms with van der Waals surface area (Å²) < 4.78 is 11.2. The van der Waals surface area contributed by atoms with Crippen molar-refractivity contribution in [1.29, 1.82) is 0 Å². The first-order chi connectivity index (χ1) is 9.58. The number of aromatic amines is 1. The number of ether oxygens (including phenoxy) is 2. The highest BCUT2D eigenvalue weighted by atomic mass is 127. The Morgan fingerprint density at radius 3 is 2.80 bits per heavy atom. The molecule has 5 nitrogen and oxygen atoms in total. The lowest BCUT2D eigenvalue weighted by Crippen LogP contribution is -2.00. The minimum absolute atomic E-state index is 0.342. The fourth-order valence-corrected chi connectivity index (χ4v) is 2.79. The van der Waals surface area contributed by atoms with Crippen LogP contribution in [0.1, 0.15) is 24.3 Å². The van der Waals surface area contributed by atoms with Gasteiger partial charge in [-0.3, -0.25) is 9.89 Å². The molecule has 1 aromatic heterocycles. The van der Waals surface area contributed by atoms with Crippen LogP contribution in [0.25, 0.3) is 11.3 Å². The van der Waals surface area contributed by atoms with Gasteiger partial charge in [-0.1, -0.05) is 0 Å². The van der Waals surface area contributed by atoms with Crippen LogP contribution in [-0.4, -0.2) is 23.8 Å². The Labute approximate surface area is 130 Å². The molecule has 0 saturated carbocycles. The predicted molar refractivity (Wildman–Crippen MR) is 83.6 cm³/mol. The number of nitrogens with zero attached hydrogens (tertiary/aromatic N) is 1. The number of aromatic nitrogens is 2. The molecule has 1 atom stereocenters. The quantitative estimate of drug-likeness (QED) is 0.633. The molecule has 0 saturated heterocycles. The van der Waals surface area contributed by atoms with Gasteiger partial charge >= 0.3 is 0 Å². The lowest BCUT2D eigenvalue weighted by Gasteiger charge is -2.08. The maximum Gasteiger partial charge on any atom is 0.293 e. The van der Waals surface area contributed by atoms with Gasteiger partial charge in [0.15, 0.2) is 0 Å². The van der Waals surface area contributed by atoms with Gasteiger partial charge in [-0.15, -0.1) is 0 Å². The van der Waals surface area contributed by atoms with E-state index < -0.39 is 0 Å². The molecule has 0 aliphatic carbocycles. The highest BCUT2D eigenvalue weighted by Gasteiger charge is 2.17. The zero-order valence-corrected chi connectivity index (χ0v) is 13.6. The molecule has 0 aliphatic heterocycles. The van der Waals surface area contributed by atoms with Crippen molar-refractivity contribution in [2.24, 2.45) is 0 Å². The average molecular weight is 386 g/mol. The molecule has 1 N–H and O–H groups in total. The van der Waals surface area contributed by atoms with E-state index in [2.05, 4.69) is 32.8 Å². The summed E-state index contributed by atoms with van der Waals surface area (Å²) in [6, 6.07) is 5.88. The smallest absolute Gasteiger partial charge is 0.293 e. The van der Waals surface area contributed by atoms with Gasteiger partial charge in [0.05, 0.1) is 22.1 Å². The van der Waals surface area contributed by atoms with Gasteiger partial charge in [-0.25, -0.2) is 0 Å². The number of hydrogen-bond acceptors (Lipinski definition) is 4. The Morgan fingerprint density at radius 1 is 1.45 bits per heavy atom. The van der Waals surface area contributed by atoms with Crippen molar-refractivity contribution < 1.29 is 14.3 Å². The number of benzene rings is 1. The third-order valence-corrected chi connectivity index (χ3v) is 3.98. The monoisotopic (exact) mass is 386 g/mol. The molecule has 1 aromatic carbocycles.